The molecule has 0 bridgehead atoms. The van der Waals surface area contributed by atoms with Crippen LogP contribution >= 0.6 is 0 Å². The molecule has 0 aliphatic rings. The van der Waals surface area contributed by atoms with Crippen LogP contribution in [-0.4, -0.2) is 0 Å². The molecule has 0 amide bonds. The van der Waals surface area contributed by atoms with Crippen molar-refractivity contribution in [1.82, 2.24) is 0 Å². The van der Waals surface area contributed by atoms with E-state index in [-0.39, 0.29) is 10.8 Å². The molecular formula is C34H48. The summed E-state index contributed by atoms with van der Waals surface area (Å²) in [7, 11) is 0. The molecule has 0 saturated heterocycles. The highest BCUT2D eigenvalue weighted by Gasteiger charge is 2.13. The second-order valence-electron chi connectivity index (χ2n) is 9.48. The van der Waals surface area contributed by atoms with Gasteiger partial charge in [0.2, 0.25) is 0 Å². The number of rotatable bonds is 1. The molecule has 0 unspecified atom stereocenters. The van der Waals surface area contributed by atoms with Gasteiger partial charge in [0.25, 0.3) is 0 Å². The monoisotopic (exact) mass is 456 g/mol. The Morgan fingerprint density at radius 2 is 0.618 bits per heavy atom. The normalized spacial score (nSPS) is 10.1. The Kier molecular flexibility index (Phi) is 13.9. The van der Waals surface area contributed by atoms with Gasteiger partial charge in [0.1, 0.15) is 0 Å². The molecule has 34 heavy (non-hydrogen) atoms. The van der Waals surface area contributed by atoms with E-state index in [1.165, 1.54) is 22.3 Å². The molecule has 0 saturated carbocycles. The Labute approximate surface area is 211 Å². The summed E-state index contributed by atoms with van der Waals surface area (Å²) < 4.78 is 0. The molecule has 0 aromatic heterocycles. The second-order valence-corrected chi connectivity index (χ2v) is 9.48. The van der Waals surface area contributed by atoms with Crippen molar-refractivity contribution >= 4 is 0 Å². The van der Waals surface area contributed by atoms with Crippen molar-refractivity contribution in [2.75, 3.05) is 0 Å². The topological polar surface area (TPSA) is 0 Å². The van der Waals surface area contributed by atoms with Gasteiger partial charge >= 0.3 is 0 Å². The fourth-order valence-corrected chi connectivity index (χ4v) is 3.11. The summed E-state index contributed by atoms with van der Waals surface area (Å²) in [6.07, 6.45) is 0. The standard InChI is InChI=1S/C28H30.3C2H6/c1-27(2,3)25-17-11-22(12-18-25)8-7-21-9-13-23(14-10-21)24-15-19-26(20-16-24)28(4,5)6;3*1-2/h9-20H,1-6H3;3*1-2H3. The highest BCUT2D eigenvalue weighted by Crippen LogP contribution is 2.26. The lowest BCUT2D eigenvalue weighted by Gasteiger charge is -2.19. The molecule has 0 nitrogen and oxygen atoms in total. The van der Waals surface area contributed by atoms with E-state index in [1.807, 2.05) is 41.5 Å². The van der Waals surface area contributed by atoms with Crippen LogP contribution in [0.2, 0.25) is 0 Å². The van der Waals surface area contributed by atoms with Crippen molar-refractivity contribution in [3.63, 3.8) is 0 Å². The van der Waals surface area contributed by atoms with Gasteiger partial charge in [0.15, 0.2) is 0 Å². The van der Waals surface area contributed by atoms with Crippen LogP contribution in [0.4, 0.5) is 0 Å². The third-order valence-corrected chi connectivity index (χ3v) is 5.07. The maximum Gasteiger partial charge on any atom is 0.0249 e. The Morgan fingerprint density at radius 1 is 0.382 bits per heavy atom. The molecule has 3 aromatic rings. The van der Waals surface area contributed by atoms with Gasteiger partial charge in [-0.2, -0.15) is 0 Å². The van der Waals surface area contributed by atoms with E-state index in [9.17, 15) is 0 Å². The first kappa shape index (κ1) is 31.2. The molecule has 0 N–H and O–H groups in total. The summed E-state index contributed by atoms with van der Waals surface area (Å²) in [5.41, 5.74) is 7.60. The lowest BCUT2D eigenvalue weighted by molar-refractivity contribution is 0.590. The average molecular weight is 457 g/mol. The zero-order valence-corrected chi connectivity index (χ0v) is 23.9. The molecule has 0 heterocycles. The molecule has 3 rings (SSSR count). The molecular weight excluding hydrogens is 408 g/mol. The van der Waals surface area contributed by atoms with Crippen molar-refractivity contribution in [2.45, 2.75) is 93.9 Å². The van der Waals surface area contributed by atoms with E-state index in [4.69, 9.17) is 0 Å². The van der Waals surface area contributed by atoms with Crippen molar-refractivity contribution in [2.24, 2.45) is 0 Å². The van der Waals surface area contributed by atoms with Gasteiger partial charge in [0.05, 0.1) is 0 Å². The van der Waals surface area contributed by atoms with E-state index >= 15 is 0 Å². The van der Waals surface area contributed by atoms with E-state index < -0.39 is 0 Å². The third-order valence-electron chi connectivity index (χ3n) is 5.07. The van der Waals surface area contributed by atoms with Gasteiger partial charge in [-0.3, -0.25) is 0 Å². The molecule has 184 valence electrons. The maximum absolute atomic E-state index is 3.28. The fraction of sp³-hybridized carbons (Fsp3) is 0.412. The summed E-state index contributed by atoms with van der Waals surface area (Å²) >= 11 is 0. The van der Waals surface area contributed by atoms with E-state index in [0.717, 1.165) is 11.1 Å². The summed E-state index contributed by atoms with van der Waals surface area (Å²) in [6.45, 7) is 25.4. The van der Waals surface area contributed by atoms with Crippen LogP contribution in [0, 0.1) is 11.8 Å². The molecule has 0 spiro atoms. The van der Waals surface area contributed by atoms with E-state index in [1.54, 1.807) is 0 Å². The first-order chi connectivity index (χ1) is 16.1. The van der Waals surface area contributed by atoms with Crippen molar-refractivity contribution in [3.8, 4) is 23.0 Å². The first-order valence-corrected chi connectivity index (χ1v) is 13.0. The predicted molar refractivity (Wildman–Crippen MR) is 156 cm³/mol. The van der Waals surface area contributed by atoms with E-state index in [2.05, 4.69) is 126 Å². The molecule has 0 radical (unpaired) electrons. The summed E-state index contributed by atoms with van der Waals surface area (Å²) in [6, 6.07) is 25.9. The minimum Gasteiger partial charge on any atom is -0.0683 e. The number of hydrogen-bond acceptors (Lipinski definition) is 0. The second kappa shape index (κ2) is 15.2. The van der Waals surface area contributed by atoms with Gasteiger partial charge < -0.3 is 0 Å². The highest BCUT2D eigenvalue weighted by molar-refractivity contribution is 5.65. The quantitative estimate of drug-likeness (QED) is 0.319. The SMILES string of the molecule is CC.CC.CC.CC(C)(C)c1ccc(C#Cc2ccc(-c3ccc(C(C)(C)C)cc3)cc2)cc1. The van der Waals surface area contributed by atoms with Gasteiger partial charge in [-0.1, -0.05) is 143 Å². The predicted octanol–water partition coefficient (Wildman–Crippen LogP) is 10.4. The van der Waals surface area contributed by atoms with Gasteiger partial charge in [-0.05, 0) is 57.3 Å². The zero-order valence-electron chi connectivity index (χ0n) is 23.9. The summed E-state index contributed by atoms with van der Waals surface area (Å²) in [5.74, 6) is 6.55. The first-order valence-electron chi connectivity index (χ1n) is 13.0. The van der Waals surface area contributed by atoms with Crippen molar-refractivity contribution < 1.29 is 0 Å². The van der Waals surface area contributed by atoms with Crippen molar-refractivity contribution in [1.29, 1.82) is 0 Å². The smallest absolute Gasteiger partial charge is 0.0249 e. The summed E-state index contributed by atoms with van der Waals surface area (Å²) in [4.78, 5) is 0. The third kappa shape index (κ3) is 10.0. The molecule has 3 aromatic carbocycles. The Hall–Kier alpha value is -2.78. The lowest BCUT2D eigenvalue weighted by Crippen LogP contribution is -2.10. The van der Waals surface area contributed by atoms with Crippen molar-refractivity contribution in [3.05, 3.63) is 95.1 Å². The van der Waals surface area contributed by atoms with Crippen LogP contribution in [0.1, 0.15) is 105 Å². The molecule has 0 aliphatic carbocycles. The number of hydrogen-bond donors (Lipinski definition) is 0. The van der Waals surface area contributed by atoms with Gasteiger partial charge in [-0.15, -0.1) is 0 Å². The van der Waals surface area contributed by atoms with Gasteiger partial charge in [0, 0.05) is 11.1 Å². The molecule has 0 fully saturated rings. The van der Waals surface area contributed by atoms with Crippen LogP contribution in [0.5, 0.6) is 0 Å². The Bertz CT molecular complexity index is 976. The average Bonchev–Trinajstić information content (AvgIpc) is 2.86. The minimum atomic E-state index is 0.173. The molecule has 0 aliphatic heterocycles. The largest absolute Gasteiger partial charge is 0.0683 e. The zero-order chi connectivity index (χ0) is 26.4. The van der Waals surface area contributed by atoms with E-state index in [0.29, 0.717) is 0 Å². The molecule has 0 heteroatoms. The van der Waals surface area contributed by atoms with Gasteiger partial charge in [-0.25, -0.2) is 0 Å². The lowest BCUT2D eigenvalue weighted by atomic mass is 9.86. The molecule has 0 atom stereocenters. The Balaban J connectivity index is 0.00000168. The Morgan fingerprint density at radius 3 is 0.912 bits per heavy atom. The maximum atomic E-state index is 3.28. The number of benzene rings is 3. The minimum absolute atomic E-state index is 0.173. The fourth-order valence-electron chi connectivity index (χ4n) is 3.11. The van der Waals surface area contributed by atoms with Crippen LogP contribution in [0.3, 0.4) is 0 Å². The van der Waals surface area contributed by atoms with Crippen LogP contribution in [-0.2, 0) is 10.8 Å². The highest BCUT2D eigenvalue weighted by atomic mass is 14.2. The van der Waals surface area contributed by atoms with Crippen LogP contribution in [0.15, 0.2) is 72.8 Å². The van der Waals surface area contributed by atoms with Crippen LogP contribution in [0.25, 0.3) is 11.1 Å². The van der Waals surface area contributed by atoms with Crippen LogP contribution < -0.4 is 0 Å². The summed E-state index contributed by atoms with van der Waals surface area (Å²) in [5, 5.41) is 0.